The number of Topliss-reactive ketones (excluding diaryl/α,β-unsaturated/α-hetero) is 1. The van der Waals surface area contributed by atoms with Gasteiger partial charge in [0.05, 0.1) is 17.6 Å². The average molecular weight is 501 g/mol. The van der Waals surface area contributed by atoms with Crippen LogP contribution in [0.3, 0.4) is 0 Å². The standard InChI is InChI=1S/C30H36N4O3/c1-22(35)23-9-11-25(12-10-23)34-27-8-3-2-7-26(27)30(29(34)37)13-15-31(16-14-30)21-28(36)33-19-17-32(18-20-33)24-5-4-6-24/h2-3,7-12,24H,4-6,13-21H2,1H3. The second-order valence-electron chi connectivity index (χ2n) is 11.1. The van der Waals surface area contributed by atoms with E-state index in [0.717, 1.165) is 62.2 Å². The van der Waals surface area contributed by atoms with E-state index < -0.39 is 5.41 Å². The third-order valence-electron chi connectivity index (χ3n) is 9.13. The number of hydrogen-bond donors (Lipinski definition) is 0. The zero-order chi connectivity index (χ0) is 25.6. The van der Waals surface area contributed by atoms with Crippen LogP contribution in [0.25, 0.3) is 0 Å². The normalized spacial score (nSPS) is 22.2. The lowest BCUT2D eigenvalue weighted by molar-refractivity contribution is -0.135. The topological polar surface area (TPSA) is 64.2 Å². The third-order valence-corrected chi connectivity index (χ3v) is 9.13. The van der Waals surface area contributed by atoms with Crippen LogP contribution in [-0.2, 0) is 15.0 Å². The smallest absolute Gasteiger partial charge is 0.242 e. The highest BCUT2D eigenvalue weighted by atomic mass is 16.2. The Labute approximate surface area is 219 Å². The fraction of sp³-hybridized carbons (Fsp3) is 0.500. The van der Waals surface area contributed by atoms with Crippen molar-refractivity contribution in [3.05, 3.63) is 59.7 Å². The molecule has 6 rings (SSSR count). The Morgan fingerprint density at radius 2 is 1.57 bits per heavy atom. The number of piperazine rings is 1. The van der Waals surface area contributed by atoms with Crippen LogP contribution < -0.4 is 4.90 Å². The van der Waals surface area contributed by atoms with Crippen molar-refractivity contribution in [3.63, 3.8) is 0 Å². The molecule has 3 fully saturated rings. The molecule has 0 N–H and O–H groups in total. The molecule has 4 aliphatic rings. The maximum atomic E-state index is 14.0. The quantitative estimate of drug-likeness (QED) is 0.587. The molecule has 3 heterocycles. The summed E-state index contributed by atoms with van der Waals surface area (Å²) in [4.78, 5) is 47.5. The lowest BCUT2D eigenvalue weighted by Crippen LogP contribution is -2.56. The number of rotatable bonds is 5. The minimum absolute atomic E-state index is 0.0123. The summed E-state index contributed by atoms with van der Waals surface area (Å²) in [6, 6.07) is 16.1. The van der Waals surface area contributed by atoms with E-state index in [2.05, 4.69) is 15.9 Å². The van der Waals surface area contributed by atoms with Gasteiger partial charge in [-0.1, -0.05) is 24.6 Å². The predicted octanol–water partition coefficient (Wildman–Crippen LogP) is 3.60. The molecule has 0 aromatic heterocycles. The summed E-state index contributed by atoms with van der Waals surface area (Å²) in [6.07, 6.45) is 5.37. The van der Waals surface area contributed by atoms with Gasteiger partial charge in [0.25, 0.3) is 0 Å². The molecule has 0 bridgehead atoms. The minimum atomic E-state index is -0.566. The zero-order valence-electron chi connectivity index (χ0n) is 21.7. The van der Waals surface area contributed by atoms with Gasteiger partial charge in [-0.05, 0) is 68.5 Å². The van der Waals surface area contributed by atoms with Crippen molar-refractivity contribution in [2.24, 2.45) is 0 Å². The van der Waals surface area contributed by atoms with Crippen LogP contribution in [0, 0.1) is 0 Å². The van der Waals surface area contributed by atoms with Crippen molar-refractivity contribution < 1.29 is 14.4 Å². The molecule has 1 spiro atoms. The number of ketones is 1. The van der Waals surface area contributed by atoms with Crippen molar-refractivity contribution in [2.45, 2.75) is 50.5 Å². The predicted molar refractivity (Wildman–Crippen MR) is 143 cm³/mol. The molecule has 7 heteroatoms. The number of hydrogen-bond acceptors (Lipinski definition) is 5. The lowest BCUT2D eigenvalue weighted by Gasteiger charge is -2.43. The Morgan fingerprint density at radius 1 is 0.892 bits per heavy atom. The molecule has 1 saturated carbocycles. The summed E-state index contributed by atoms with van der Waals surface area (Å²) >= 11 is 0. The van der Waals surface area contributed by atoms with E-state index in [1.54, 1.807) is 19.1 Å². The van der Waals surface area contributed by atoms with E-state index in [9.17, 15) is 14.4 Å². The molecule has 2 amide bonds. The molecule has 2 aromatic carbocycles. The summed E-state index contributed by atoms with van der Waals surface area (Å²) in [6.45, 7) is 7.09. The third kappa shape index (κ3) is 4.28. The van der Waals surface area contributed by atoms with Gasteiger partial charge in [-0.15, -0.1) is 0 Å². The number of fused-ring (bicyclic) bond motifs is 2. The highest BCUT2D eigenvalue weighted by Gasteiger charge is 2.52. The molecule has 3 aliphatic heterocycles. The first-order valence-corrected chi connectivity index (χ1v) is 13.8. The second kappa shape index (κ2) is 9.69. The highest BCUT2D eigenvalue weighted by molar-refractivity contribution is 6.13. The monoisotopic (exact) mass is 500 g/mol. The average Bonchev–Trinajstić information content (AvgIpc) is 3.12. The number of benzene rings is 2. The number of amides is 2. The summed E-state index contributed by atoms with van der Waals surface area (Å²) in [5, 5.41) is 0. The number of carbonyl (C=O) groups is 3. The van der Waals surface area contributed by atoms with Crippen molar-refractivity contribution in [1.82, 2.24) is 14.7 Å². The largest absolute Gasteiger partial charge is 0.339 e. The second-order valence-corrected chi connectivity index (χ2v) is 11.1. The molecule has 1 aliphatic carbocycles. The Bertz CT molecular complexity index is 1190. The first-order chi connectivity index (χ1) is 18.0. The van der Waals surface area contributed by atoms with Gasteiger partial charge < -0.3 is 4.90 Å². The van der Waals surface area contributed by atoms with Crippen LogP contribution in [0.4, 0.5) is 11.4 Å². The van der Waals surface area contributed by atoms with Gasteiger partial charge in [-0.2, -0.15) is 0 Å². The summed E-state index contributed by atoms with van der Waals surface area (Å²) in [5.74, 6) is 0.329. The van der Waals surface area contributed by atoms with E-state index >= 15 is 0 Å². The zero-order valence-corrected chi connectivity index (χ0v) is 21.7. The Morgan fingerprint density at radius 3 is 2.19 bits per heavy atom. The molecule has 0 radical (unpaired) electrons. The molecule has 0 atom stereocenters. The van der Waals surface area contributed by atoms with Gasteiger partial charge >= 0.3 is 0 Å². The Kier molecular flexibility index (Phi) is 6.37. The van der Waals surface area contributed by atoms with E-state index in [1.165, 1.54) is 19.3 Å². The van der Waals surface area contributed by atoms with Gasteiger partial charge in [-0.25, -0.2) is 0 Å². The fourth-order valence-corrected chi connectivity index (χ4v) is 6.57. The molecular formula is C30H36N4O3. The summed E-state index contributed by atoms with van der Waals surface area (Å²) in [5.41, 5.74) is 2.87. The molecule has 2 aromatic rings. The van der Waals surface area contributed by atoms with Crippen LogP contribution >= 0.6 is 0 Å². The molecule has 7 nitrogen and oxygen atoms in total. The van der Waals surface area contributed by atoms with Gasteiger partial charge in [0, 0.05) is 56.6 Å². The van der Waals surface area contributed by atoms with E-state index in [0.29, 0.717) is 24.9 Å². The van der Waals surface area contributed by atoms with Crippen LogP contribution in [0.2, 0.25) is 0 Å². The number of likely N-dealkylation sites (tertiary alicyclic amines) is 1. The molecule has 2 saturated heterocycles. The maximum absolute atomic E-state index is 14.0. The SMILES string of the molecule is CC(=O)c1ccc(N2C(=O)C3(CCN(CC(=O)N4CCN(C5CCC5)CC4)CC3)c3ccccc32)cc1. The van der Waals surface area contributed by atoms with Gasteiger partial charge in [0.2, 0.25) is 11.8 Å². The molecule has 194 valence electrons. The number of para-hydroxylation sites is 1. The molecule has 37 heavy (non-hydrogen) atoms. The molecule has 0 unspecified atom stereocenters. The van der Waals surface area contributed by atoms with Gasteiger partial charge in [-0.3, -0.25) is 29.1 Å². The summed E-state index contributed by atoms with van der Waals surface area (Å²) < 4.78 is 0. The van der Waals surface area contributed by atoms with Gasteiger partial charge in [0.15, 0.2) is 5.78 Å². The van der Waals surface area contributed by atoms with Crippen molar-refractivity contribution in [3.8, 4) is 0 Å². The molecular weight excluding hydrogens is 464 g/mol. The Balaban J connectivity index is 1.12. The van der Waals surface area contributed by atoms with E-state index in [-0.39, 0.29) is 17.6 Å². The van der Waals surface area contributed by atoms with Crippen molar-refractivity contribution in [1.29, 1.82) is 0 Å². The van der Waals surface area contributed by atoms with Crippen LogP contribution in [0.15, 0.2) is 48.5 Å². The number of carbonyl (C=O) groups excluding carboxylic acids is 3. The number of nitrogens with zero attached hydrogens (tertiary/aromatic N) is 4. The fourth-order valence-electron chi connectivity index (χ4n) is 6.57. The minimum Gasteiger partial charge on any atom is -0.339 e. The van der Waals surface area contributed by atoms with Crippen LogP contribution in [0.5, 0.6) is 0 Å². The van der Waals surface area contributed by atoms with Crippen LogP contribution in [-0.4, -0.2) is 84.2 Å². The first-order valence-electron chi connectivity index (χ1n) is 13.8. The maximum Gasteiger partial charge on any atom is 0.242 e. The number of piperidine rings is 1. The first kappa shape index (κ1) is 24.3. The highest BCUT2D eigenvalue weighted by Crippen LogP contribution is 2.50. The van der Waals surface area contributed by atoms with Crippen molar-refractivity contribution >= 4 is 29.0 Å². The van der Waals surface area contributed by atoms with E-state index in [1.807, 2.05) is 40.1 Å². The van der Waals surface area contributed by atoms with E-state index in [4.69, 9.17) is 0 Å². The van der Waals surface area contributed by atoms with Gasteiger partial charge in [0.1, 0.15) is 0 Å². The van der Waals surface area contributed by atoms with Crippen molar-refractivity contribution in [2.75, 3.05) is 50.7 Å². The lowest BCUT2D eigenvalue weighted by atomic mass is 9.73. The Hall–Kier alpha value is -3.03. The summed E-state index contributed by atoms with van der Waals surface area (Å²) in [7, 11) is 0. The van der Waals surface area contributed by atoms with Crippen LogP contribution in [0.1, 0.15) is 54.9 Å². The number of anilines is 2.